The monoisotopic (exact) mass is 736 g/mol. The Kier molecular flexibility index (Phi) is 13.5. The number of Topliss-reactive ketones (excluding diaryl/α,β-unsaturated/α-hetero) is 1. The molecule has 3 aromatic carbocycles. The van der Waals surface area contributed by atoms with Crippen molar-refractivity contribution in [3.05, 3.63) is 107 Å². The first-order valence-electron chi connectivity index (χ1n) is 17.2. The van der Waals surface area contributed by atoms with Crippen molar-refractivity contribution < 1.29 is 46.7 Å². The van der Waals surface area contributed by atoms with Crippen molar-refractivity contribution in [3.63, 3.8) is 0 Å². The Bertz CT molecular complexity index is 1770. The predicted octanol–water partition coefficient (Wildman–Crippen LogP) is 4.18. The molecule has 0 radical (unpaired) electrons. The molecule has 0 heterocycles. The Hall–Kier alpha value is -5.53. The summed E-state index contributed by atoms with van der Waals surface area (Å²) in [7, 11) is 0. The van der Waals surface area contributed by atoms with Crippen LogP contribution >= 0.6 is 0 Å². The normalized spacial score (nSPS) is 13.8. The Morgan fingerprint density at radius 1 is 0.736 bits per heavy atom. The minimum atomic E-state index is -5.17. The number of halogens is 3. The Morgan fingerprint density at radius 3 is 1.79 bits per heavy atom. The van der Waals surface area contributed by atoms with E-state index >= 15 is 0 Å². The topological polar surface area (TPSA) is 151 Å². The van der Waals surface area contributed by atoms with E-state index in [1.807, 2.05) is 42.5 Å². The van der Waals surface area contributed by atoms with E-state index in [4.69, 9.17) is 4.74 Å². The summed E-state index contributed by atoms with van der Waals surface area (Å²) < 4.78 is 45.1. The molecule has 1 aliphatic rings. The van der Waals surface area contributed by atoms with Crippen LogP contribution in [0.4, 0.5) is 13.2 Å². The molecule has 11 nitrogen and oxygen atoms in total. The number of alkyl halides is 3. The summed E-state index contributed by atoms with van der Waals surface area (Å²) in [5.74, 6) is -6.89. The third-order valence-corrected chi connectivity index (χ3v) is 8.88. The van der Waals surface area contributed by atoms with Crippen LogP contribution in [-0.2, 0) is 43.4 Å². The van der Waals surface area contributed by atoms with Gasteiger partial charge in [-0.15, -0.1) is 0 Å². The van der Waals surface area contributed by atoms with E-state index in [1.165, 1.54) is 43.0 Å². The molecule has 282 valence electrons. The Morgan fingerprint density at radius 2 is 1.26 bits per heavy atom. The average molecular weight is 737 g/mol. The van der Waals surface area contributed by atoms with Gasteiger partial charge >= 0.3 is 12.1 Å². The van der Waals surface area contributed by atoms with Crippen LogP contribution < -0.4 is 16.0 Å². The molecule has 0 spiro atoms. The quantitative estimate of drug-likeness (QED) is 0.198. The van der Waals surface area contributed by atoms with E-state index in [1.54, 1.807) is 26.0 Å². The van der Waals surface area contributed by atoms with Crippen molar-refractivity contribution in [2.75, 3.05) is 13.1 Å². The molecule has 0 saturated carbocycles. The SMILES string of the molecule is CC(C)C(NC(=O)CN(C(=O)[C@@H](NC(=O)c1ccc(C(=O)NCC(=O)OCc2ccccc2)cc1)C(C)C)C1Cc2ccccc2C1)C(=O)C(F)(F)F. The lowest BCUT2D eigenvalue weighted by molar-refractivity contribution is -0.175. The number of hydrogen-bond donors (Lipinski definition) is 3. The maximum Gasteiger partial charge on any atom is 0.452 e. The highest BCUT2D eigenvalue weighted by Crippen LogP contribution is 2.27. The third-order valence-electron chi connectivity index (χ3n) is 8.88. The fourth-order valence-electron chi connectivity index (χ4n) is 5.96. The first-order chi connectivity index (χ1) is 25.0. The van der Waals surface area contributed by atoms with Crippen LogP contribution in [0.5, 0.6) is 0 Å². The maximum atomic E-state index is 14.2. The Balaban J connectivity index is 1.44. The van der Waals surface area contributed by atoms with Gasteiger partial charge < -0.3 is 25.6 Å². The van der Waals surface area contributed by atoms with E-state index in [2.05, 4.69) is 16.0 Å². The molecular formula is C39H43F3N4O7. The maximum absolute atomic E-state index is 14.2. The Labute approximate surface area is 305 Å². The third kappa shape index (κ3) is 11.0. The van der Waals surface area contributed by atoms with E-state index in [0.29, 0.717) is 12.8 Å². The first-order valence-corrected chi connectivity index (χ1v) is 17.2. The number of ether oxygens (including phenoxy) is 1. The number of benzene rings is 3. The summed E-state index contributed by atoms with van der Waals surface area (Å²) in [6, 6.07) is 18.5. The van der Waals surface area contributed by atoms with E-state index < -0.39 is 78.1 Å². The zero-order chi connectivity index (χ0) is 38.9. The molecule has 0 aromatic heterocycles. The lowest BCUT2D eigenvalue weighted by atomic mass is 9.98. The van der Waals surface area contributed by atoms with Gasteiger partial charge in [0.15, 0.2) is 0 Å². The zero-order valence-corrected chi connectivity index (χ0v) is 29.9. The van der Waals surface area contributed by atoms with E-state index in [-0.39, 0.29) is 24.3 Å². The van der Waals surface area contributed by atoms with Gasteiger partial charge in [-0.05, 0) is 65.6 Å². The number of carbonyl (C=O) groups excluding carboxylic acids is 6. The van der Waals surface area contributed by atoms with Gasteiger partial charge in [-0.1, -0.05) is 82.3 Å². The van der Waals surface area contributed by atoms with E-state index in [0.717, 1.165) is 16.7 Å². The molecule has 1 aliphatic carbocycles. The number of nitrogens with one attached hydrogen (secondary N) is 3. The molecule has 1 unspecified atom stereocenters. The number of nitrogens with zero attached hydrogens (tertiary/aromatic N) is 1. The number of fused-ring (bicyclic) bond motifs is 1. The van der Waals surface area contributed by atoms with Crippen LogP contribution in [0.3, 0.4) is 0 Å². The molecule has 2 atom stereocenters. The van der Waals surface area contributed by atoms with Crippen molar-refractivity contribution in [2.45, 2.75) is 71.4 Å². The number of hydrogen-bond acceptors (Lipinski definition) is 7. The number of ketones is 1. The number of amides is 4. The van der Waals surface area contributed by atoms with Gasteiger partial charge in [0.05, 0.1) is 12.6 Å². The number of carbonyl (C=O) groups is 6. The standard InChI is InChI=1S/C39H43F3N4O7/c1-23(2)33(35(49)39(40,41)42)44-31(47)21-46(30-18-28-12-8-9-13-29(28)19-30)38(52)34(24(3)4)45-37(51)27-16-14-26(15-17-27)36(50)43-20-32(48)53-22-25-10-6-5-7-11-25/h5-17,23-24,30,33-34H,18-22H2,1-4H3,(H,43,50)(H,44,47)(H,45,51)/t33?,34-/m0/s1. The van der Waals surface area contributed by atoms with Crippen molar-refractivity contribution in [3.8, 4) is 0 Å². The highest BCUT2D eigenvalue weighted by atomic mass is 19.4. The summed E-state index contributed by atoms with van der Waals surface area (Å²) in [6.45, 7) is 5.17. The minimum Gasteiger partial charge on any atom is -0.460 e. The molecule has 0 aliphatic heterocycles. The van der Waals surface area contributed by atoms with Gasteiger partial charge in [0.2, 0.25) is 11.8 Å². The van der Waals surface area contributed by atoms with Gasteiger partial charge in [0.25, 0.3) is 17.6 Å². The molecule has 53 heavy (non-hydrogen) atoms. The second kappa shape index (κ2) is 17.8. The lowest BCUT2D eigenvalue weighted by Crippen LogP contribution is -2.58. The minimum absolute atomic E-state index is 0.0556. The van der Waals surface area contributed by atoms with Crippen molar-refractivity contribution in [1.29, 1.82) is 0 Å². The second-order valence-corrected chi connectivity index (χ2v) is 13.5. The van der Waals surface area contributed by atoms with E-state index in [9.17, 15) is 41.9 Å². The van der Waals surface area contributed by atoms with Gasteiger partial charge in [0.1, 0.15) is 19.2 Å². The summed E-state index contributed by atoms with van der Waals surface area (Å²) in [5.41, 5.74) is 2.96. The molecular weight excluding hydrogens is 693 g/mol. The van der Waals surface area contributed by atoms with Crippen LogP contribution in [0.2, 0.25) is 0 Å². The van der Waals surface area contributed by atoms with Gasteiger partial charge in [-0.2, -0.15) is 13.2 Å². The molecule has 3 N–H and O–H groups in total. The largest absolute Gasteiger partial charge is 0.460 e. The molecule has 4 amide bonds. The average Bonchev–Trinajstić information content (AvgIpc) is 3.56. The lowest BCUT2D eigenvalue weighted by Gasteiger charge is -2.34. The van der Waals surface area contributed by atoms with Gasteiger partial charge in [0, 0.05) is 17.2 Å². The van der Waals surface area contributed by atoms with Gasteiger partial charge in [-0.3, -0.25) is 28.8 Å². The zero-order valence-electron chi connectivity index (χ0n) is 29.9. The summed E-state index contributed by atoms with van der Waals surface area (Å²) in [5, 5.41) is 7.37. The molecule has 0 bridgehead atoms. The smallest absolute Gasteiger partial charge is 0.452 e. The summed E-state index contributed by atoms with van der Waals surface area (Å²) in [6.07, 6.45) is -4.43. The van der Waals surface area contributed by atoms with Crippen molar-refractivity contribution >= 4 is 35.4 Å². The first kappa shape index (κ1) is 40.2. The van der Waals surface area contributed by atoms with Crippen molar-refractivity contribution in [2.24, 2.45) is 11.8 Å². The molecule has 0 saturated heterocycles. The van der Waals surface area contributed by atoms with Crippen LogP contribution in [0, 0.1) is 11.8 Å². The van der Waals surface area contributed by atoms with Crippen LogP contribution in [0.1, 0.15) is 65.1 Å². The molecule has 14 heteroatoms. The number of rotatable bonds is 15. The van der Waals surface area contributed by atoms with Crippen LogP contribution in [0.25, 0.3) is 0 Å². The van der Waals surface area contributed by atoms with Crippen LogP contribution in [0.15, 0.2) is 78.9 Å². The fourth-order valence-corrected chi connectivity index (χ4v) is 5.96. The second-order valence-electron chi connectivity index (χ2n) is 13.5. The summed E-state index contributed by atoms with van der Waals surface area (Å²) in [4.78, 5) is 79.0. The molecule has 3 aromatic rings. The highest BCUT2D eigenvalue weighted by molar-refractivity contribution is 6.00. The van der Waals surface area contributed by atoms with Gasteiger partial charge in [-0.25, -0.2) is 0 Å². The molecule has 0 fully saturated rings. The van der Waals surface area contributed by atoms with Crippen molar-refractivity contribution in [1.82, 2.24) is 20.9 Å². The van der Waals surface area contributed by atoms with Crippen LogP contribution in [-0.4, -0.2) is 77.7 Å². The number of esters is 1. The predicted molar refractivity (Wildman–Crippen MR) is 188 cm³/mol. The fraction of sp³-hybridized carbons (Fsp3) is 0.385. The summed E-state index contributed by atoms with van der Waals surface area (Å²) >= 11 is 0. The molecule has 4 rings (SSSR count). The highest BCUT2D eigenvalue weighted by Gasteiger charge is 2.45.